The van der Waals surface area contributed by atoms with Gasteiger partial charge >= 0.3 is 0 Å². The molecule has 108 valence electrons. The maximum Gasteiger partial charge on any atom is 0.252 e. The zero-order valence-corrected chi connectivity index (χ0v) is 12.4. The Hall–Kier alpha value is -1.51. The molecule has 0 radical (unpaired) electrons. The summed E-state index contributed by atoms with van der Waals surface area (Å²) in [6.45, 7) is 2.28. The zero-order chi connectivity index (χ0) is 15.0. The summed E-state index contributed by atoms with van der Waals surface area (Å²) in [6, 6.07) is 3.83. The Balaban J connectivity index is 2.81. The monoisotopic (exact) mass is 295 g/mol. The van der Waals surface area contributed by atoms with Crippen LogP contribution in [0.3, 0.4) is 0 Å². The highest BCUT2D eigenvalue weighted by atomic mass is 32.2. The summed E-state index contributed by atoms with van der Waals surface area (Å²) in [4.78, 5) is 12.1. The predicted molar refractivity (Wildman–Crippen MR) is 80.2 cm³/mol. The van der Waals surface area contributed by atoms with Crippen molar-refractivity contribution in [2.45, 2.75) is 6.92 Å². The molecule has 0 bridgehead atoms. The predicted octanol–water partition coefficient (Wildman–Crippen LogP) is 1.90. The van der Waals surface area contributed by atoms with Crippen LogP contribution in [0.5, 0.6) is 0 Å². The van der Waals surface area contributed by atoms with E-state index in [1.165, 1.54) is 18.2 Å². The van der Waals surface area contributed by atoms with Gasteiger partial charge in [0.1, 0.15) is 12.4 Å². The lowest BCUT2D eigenvalue weighted by Gasteiger charge is -2.12. The number of benzene rings is 1. The van der Waals surface area contributed by atoms with Crippen LogP contribution in [0.25, 0.3) is 0 Å². The minimum absolute atomic E-state index is 0.278. The van der Waals surface area contributed by atoms with Crippen LogP contribution >= 0.6 is 11.8 Å². The molecule has 20 heavy (non-hydrogen) atoms. The van der Waals surface area contributed by atoms with Crippen LogP contribution < -0.4 is 5.32 Å². The molecule has 2 N–H and O–H groups in total. The van der Waals surface area contributed by atoms with Gasteiger partial charge in [0, 0.05) is 12.1 Å². The van der Waals surface area contributed by atoms with E-state index in [0.29, 0.717) is 18.0 Å². The fourth-order valence-corrected chi connectivity index (χ4v) is 2.35. The van der Waals surface area contributed by atoms with Crippen LogP contribution in [0.4, 0.5) is 4.39 Å². The number of carbonyl (C=O) groups excluding carboxylic acids is 1. The Bertz CT molecular complexity index is 522. The van der Waals surface area contributed by atoms with Gasteiger partial charge in [-0.05, 0) is 36.1 Å². The van der Waals surface area contributed by atoms with E-state index in [4.69, 9.17) is 5.11 Å². The van der Waals surface area contributed by atoms with E-state index in [2.05, 4.69) is 17.2 Å². The van der Waals surface area contributed by atoms with E-state index in [0.717, 1.165) is 5.75 Å². The van der Waals surface area contributed by atoms with Gasteiger partial charge in [-0.3, -0.25) is 4.79 Å². The largest absolute Gasteiger partial charge is 0.384 e. The molecular weight excluding hydrogens is 277 g/mol. The van der Waals surface area contributed by atoms with Gasteiger partial charge in [-0.1, -0.05) is 18.8 Å². The van der Waals surface area contributed by atoms with Crippen molar-refractivity contribution < 1.29 is 14.3 Å². The topological polar surface area (TPSA) is 49.3 Å². The van der Waals surface area contributed by atoms with E-state index in [-0.39, 0.29) is 18.1 Å². The summed E-state index contributed by atoms with van der Waals surface area (Å²) in [7, 11) is 0. The maximum atomic E-state index is 13.2. The maximum absolute atomic E-state index is 13.2. The van der Waals surface area contributed by atoms with Gasteiger partial charge in [0.25, 0.3) is 5.91 Å². The van der Waals surface area contributed by atoms with Crippen LogP contribution in [0.2, 0.25) is 0 Å². The van der Waals surface area contributed by atoms with Crippen molar-refractivity contribution in [2.75, 3.05) is 25.2 Å². The molecule has 1 rings (SSSR count). The minimum atomic E-state index is -0.459. The van der Waals surface area contributed by atoms with Crippen LogP contribution in [-0.2, 0) is 0 Å². The molecule has 1 aromatic rings. The second-order valence-corrected chi connectivity index (χ2v) is 5.33. The van der Waals surface area contributed by atoms with Crippen molar-refractivity contribution in [1.29, 1.82) is 0 Å². The summed E-state index contributed by atoms with van der Waals surface area (Å²) in [5.41, 5.74) is 0.609. The molecule has 0 saturated heterocycles. The van der Waals surface area contributed by atoms with Gasteiger partial charge in [0.15, 0.2) is 0 Å². The molecule has 0 aliphatic rings. The first-order valence-corrected chi connectivity index (χ1v) is 7.64. The first kappa shape index (κ1) is 16.5. The fourth-order valence-electron chi connectivity index (χ4n) is 1.66. The minimum Gasteiger partial charge on any atom is -0.384 e. The van der Waals surface area contributed by atoms with Crippen molar-refractivity contribution >= 4 is 17.7 Å². The summed E-state index contributed by atoms with van der Waals surface area (Å²) in [5.74, 6) is 5.61. The molecule has 1 unspecified atom stereocenters. The fraction of sp³-hybridized carbons (Fsp3) is 0.400. The van der Waals surface area contributed by atoms with E-state index < -0.39 is 5.82 Å². The number of nitrogens with one attached hydrogen (secondary N) is 1. The standard InChI is InChI=1S/C15H18FNO2S/c1-11(10-20-2)9-17-15(19)14-6-5-13(16)8-12(14)4-3-7-18/h5-6,8,11,18H,7,9-10H2,1-2H3,(H,17,19). The smallest absolute Gasteiger partial charge is 0.252 e. The molecule has 0 heterocycles. The average molecular weight is 295 g/mol. The number of hydrogen-bond donors (Lipinski definition) is 2. The molecule has 3 nitrogen and oxygen atoms in total. The summed E-state index contributed by atoms with van der Waals surface area (Å²) in [6.07, 6.45) is 2.01. The van der Waals surface area contributed by atoms with Gasteiger partial charge in [0.2, 0.25) is 0 Å². The highest BCUT2D eigenvalue weighted by Gasteiger charge is 2.12. The van der Waals surface area contributed by atoms with Crippen molar-refractivity contribution in [3.05, 3.63) is 35.1 Å². The summed E-state index contributed by atoms with van der Waals surface area (Å²) >= 11 is 1.72. The molecule has 0 spiro atoms. The number of hydrogen-bond acceptors (Lipinski definition) is 3. The first-order valence-electron chi connectivity index (χ1n) is 6.25. The highest BCUT2D eigenvalue weighted by molar-refractivity contribution is 7.98. The van der Waals surface area contributed by atoms with Crippen LogP contribution in [0, 0.1) is 23.6 Å². The normalized spacial score (nSPS) is 11.4. The zero-order valence-electron chi connectivity index (χ0n) is 11.6. The molecule has 0 saturated carbocycles. The molecule has 0 aliphatic heterocycles. The van der Waals surface area contributed by atoms with Crippen LogP contribution in [0.15, 0.2) is 18.2 Å². The van der Waals surface area contributed by atoms with Crippen molar-refractivity contribution in [3.8, 4) is 11.8 Å². The second kappa shape index (κ2) is 8.62. The molecule has 1 aromatic carbocycles. The van der Waals surface area contributed by atoms with Crippen molar-refractivity contribution in [2.24, 2.45) is 5.92 Å². The van der Waals surface area contributed by atoms with Gasteiger partial charge < -0.3 is 10.4 Å². The number of rotatable bonds is 5. The first-order chi connectivity index (χ1) is 9.58. The van der Waals surface area contributed by atoms with E-state index in [1.54, 1.807) is 11.8 Å². The third kappa shape index (κ3) is 5.24. The molecule has 0 aromatic heterocycles. The highest BCUT2D eigenvalue weighted by Crippen LogP contribution is 2.11. The van der Waals surface area contributed by atoms with Gasteiger partial charge in [-0.15, -0.1) is 0 Å². The average Bonchev–Trinajstić information content (AvgIpc) is 2.43. The summed E-state index contributed by atoms with van der Waals surface area (Å²) in [5, 5.41) is 11.5. The Morgan fingerprint density at radius 2 is 2.30 bits per heavy atom. The third-order valence-corrected chi connectivity index (χ3v) is 3.49. The van der Waals surface area contributed by atoms with E-state index in [9.17, 15) is 9.18 Å². The Kier molecular flexibility index (Phi) is 7.13. The molecule has 5 heteroatoms. The van der Waals surface area contributed by atoms with Crippen molar-refractivity contribution in [1.82, 2.24) is 5.32 Å². The number of halogens is 1. The number of carbonyl (C=O) groups is 1. The lowest BCUT2D eigenvalue weighted by Crippen LogP contribution is -2.29. The molecular formula is C15H18FNO2S. The van der Waals surface area contributed by atoms with Crippen LogP contribution in [-0.4, -0.2) is 36.2 Å². The van der Waals surface area contributed by atoms with E-state index in [1.807, 2.05) is 13.2 Å². The summed E-state index contributed by atoms with van der Waals surface area (Å²) < 4.78 is 13.2. The molecule has 0 fully saturated rings. The number of amides is 1. The Labute approximate surface area is 123 Å². The van der Waals surface area contributed by atoms with Crippen molar-refractivity contribution in [3.63, 3.8) is 0 Å². The SMILES string of the molecule is CSCC(C)CNC(=O)c1ccc(F)cc1C#CCO. The second-order valence-electron chi connectivity index (χ2n) is 4.42. The Morgan fingerprint density at radius 1 is 1.55 bits per heavy atom. The third-order valence-electron chi connectivity index (χ3n) is 2.59. The molecule has 1 amide bonds. The Morgan fingerprint density at radius 3 is 2.95 bits per heavy atom. The molecule has 1 atom stereocenters. The molecule has 0 aliphatic carbocycles. The van der Waals surface area contributed by atoms with E-state index >= 15 is 0 Å². The number of aliphatic hydroxyl groups is 1. The van der Waals surface area contributed by atoms with Gasteiger partial charge in [-0.2, -0.15) is 11.8 Å². The van der Waals surface area contributed by atoms with Gasteiger partial charge in [-0.25, -0.2) is 4.39 Å². The number of aliphatic hydroxyl groups excluding tert-OH is 1. The lowest BCUT2D eigenvalue weighted by atomic mass is 10.1. The van der Waals surface area contributed by atoms with Gasteiger partial charge in [0.05, 0.1) is 5.56 Å². The quantitative estimate of drug-likeness (QED) is 0.816. The number of thioether (sulfide) groups is 1. The van der Waals surface area contributed by atoms with Crippen LogP contribution in [0.1, 0.15) is 22.8 Å². The lowest BCUT2D eigenvalue weighted by molar-refractivity contribution is 0.0949.